The van der Waals surface area contributed by atoms with E-state index in [4.69, 9.17) is 10.5 Å². The van der Waals surface area contributed by atoms with E-state index < -0.39 is 17.9 Å². The van der Waals surface area contributed by atoms with Crippen molar-refractivity contribution in [1.29, 1.82) is 0 Å². The van der Waals surface area contributed by atoms with Crippen molar-refractivity contribution in [2.24, 2.45) is 5.73 Å². The van der Waals surface area contributed by atoms with Gasteiger partial charge in [0.05, 0.1) is 17.3 Å². The van der Waals surface area contributed by atoms with Crippen LogP contribution in [0.4, 0.5) is 0 Å². The monoisotopic (exact) mass is 446 g/mol. The predicted octanol–water partition coefficient (Wildman–Crippen LogP) is 2.22. The van der Waals surface area contributed by atoms with Crippen molar-refractivity contribution in [3.63, 3.8) is 0 Å². The lowest BCUT2D eigenvalue weighted by Crippen LogP contribution is -2.35. The first-order chi connectivity index (χ1) is 15.9. The number of ether oxygens (including phenoxy) is 1. The number of likely N-dealkylation sites (N-methyl/N-ethyl adjacent to an activating group) is 1. The van der Waals surface area contributed by atoms with Gasteiger partial charge in [0, 0.05) is 37.0 Å². The molecule has 0 spiro atoms. The van der Waals surface area contributed by atoms with E-state index in [-0.39, 0.29) is 11.9 Å². The fraction of sp³-hybridized carbons (Fsp3) is 0.320. The zero-order valence-corrected chi connectivity index (χ0v) is 18.6. The van der Waals surface area contributed by atoms with Crippen LogP contribution in [0.15, 0.2) is 42.6 Å². The van der Waals surface area contributed by atoms with Crippen LogP contribution in [0.5, 0.6) is 5.75 Å². The second-order valence-electron chi connectivity index (χ2n) is 8.04. The molecule has 170 valence electrons. The van der Waals surface area contributed by atoms with Crippen LogP contribution in [0.25, 0.3) is 16.8 Å². The number of carbonyl (C=O) groups excluding carboxylic acids is 2. The normalized spacial score (nSPS) is 14.2. The third-order valence-electron chi connectivity index (χ3n) is 5.76. The highest BCUT2D eigenvalue weighted by atomic mass is 16.5. The van der Waals surface area contributed by atoms with E-state index in [9.17, 15) is 14.7 Å². The van der Waals surface area contributed by atoms with Gasteiger partial charge in [-0.1, -0.05) is 24.0 Å². The summed E-state index contributed by atoms with van der Waals surface area (Å²) in [5.74, 6) is 5.18. The van der Waals surface area contributed by atoms with Crippen molar-refractivity contribution in [2.75, 3.05) is 13.6 Å². The summed E-state index contributed by atoms with van der Waals surface area (Å²) in [4.78, 5) is 29.9. The molecule has 0 aliphatic heterocycles. The van der Waals surface area contributed by atoms with Crippen molar-refractivity contribution in [1.82, 2.24) is 14.3 Å². The number of rotatable bonds is 6. The lowest BCUT2D eigenvalue weighted by Gasteiger charge is -2.26. The van der Waals surface area contributed by atoms with E-state index in [0.29, 0.717) is 29.1 Å². The molecule has 8 heteroatoms. The number of fused-ring (bicyclic) bond motifs is 1. The number of aliphatic hydroxyl groups excluding tert-OH is 1. The van der Waals surface area contributed by atoms with Crippen LogP contribution in [0.3, 0.4) is 0 Å². The summed E-state index contributed by atoms with van der Waals surface area (Å²) in [5, 5.41) is 10.1. The van der Waals surface area contributed by atoms with Gasteiger partial charge in [-0.15, -0.1) is 0 Å². The van der Waals surface area contributed by atoms with Gasteiger partial charge in [0.25, 0.3) is 11.8 Å². The minimum atomic E-state index is -1.40. The molecule has 33 heavy (non-hydrogen) atoms. The molecular weight excluding hydrogens is 420 g/mol. The minimum Gasteiger partial charge on any atom is -0.490 e. The van der Waals surface area contributed by atoms with Gasteiger partial charge < -0.3 is 20.5 Å². The summed E-state index contributed by atoms with van der Waals surface area (Å²) in [6, 6.07) is 10.9. The summed E-state index contributed by atoms with van der Waals surface area (Å²) in [7, 11) is 1.61. The van der Waals surface area contributed by atoms with E-state index in [1.165, 1.54) is 11.3 Å². The highest BCUT2D eigenvalue weighted by Crippen LogP contribution is 2.30. The van der Waals surface area contributed by atoms with Gasteiger partial charge in [0.15, 0.2) is 6.10 Å². The van der Waals surface area contributed by atoms with E-state index in [1.807, 2.05) is 19.1 Å². The molecule has 1 unspecified atom stereocenters. The first kappa shape index (κ1) is 22.4. The Hall–Kier alpha value is -3.83. The summed E-state index contributed by atoms with van der Waals surface area (Å²) in [6.45, 7) is 2.30. The number of nitrogens with two attached hydrogens (primary N) is 1. The topological polar surface area (TPSA) is 110 Å². The van der Waals surface area contributed by atoms with Gasteiger partial charge in [-0.05, 0) is 44.4 Å². The lowest BCUT2D eigenvalue weighted by atomic mass is 9.96. The highest BCUT2D eigenvalue weighted by molar-refractivity contribution is 5.93. The maximum atomic E-state index is 12.0. The molecule has 1 fully saturated rings. The number of pyridine rings is 1. The van der Waals surface area contributed by atoms with Crippen LogP contribution in [0.2, 0.25) is 0 Å². The molecular formula is C25H26N4O4. The zero-order valence-electron chi connectivity index (χ0n) is 18.6. The Morgan fingerprint density at radius 3 is 2.79 bits per heavy atom. The Morgan fingerprint density at radius 2 is 2.12 bits per heavy atom. The smallest absolute Gasteiger partial charge is 0.285 e. The van der Waals surface area contributed by atoms with Gasteiger partial charge >= 0.3 is 0 Å². The van der Waals surface area contributed by atoms with E-state index >= 15 is 0 Å². The maximum Gasteiger partial charge on any atom is 0.285 e. The molecule has 1 saturated carbocycles. The lowest BCUT2D eigenvalue weighted by molar-refractivity contribution is -0.135. The van der Waals surface area contributed by atoms with Gasteiger partial charge in [-0.25, -0.2) is 4.98 Å². The van der Waals surface area contributed by atoms with E-state index in [0.717, 1.165) is 18.4 Å². The molecule has 0 saturated heterocycles. The second kappa shape index (κ2) is 9.35. The Kier molecular flexibility index (Phi) is 6.33. The Labute approximate surface area is 192 Å². The summed E-state index contributed by atoms with van der Waals surface area (Å²) >= 11 is 0. The van der Waals surface area contributed by atoms with E-state index in [2.05, 4.69) is 16.8 Å². The van der Waals surface area contributed by atoms with Crippen molar-refractivity contribution < 1.29 is 19.4 Å². The van der Waals surface area contributed by atoms with Crippen LogP contribution in [0, 0.1) is 11.8 Å². The van der Waals surface area contributed by atoms with E-state index in [1.54, 1.807) is 41.9 Å². The molecule has 2 aromatic heterocycles. The first-order valence-corrected chi connectivity index (χ1v) is 10.9. The molecule has 0 radical (unpaired) electrons. The summed E-state index contributed by atoms with van der Waals surface area (Å²) in [5.41, 5.74) is 8.13. The largest absolute Gasteiger partial charge is 0.490 e. The first-order valence-electron chi connectivity index (χ1n) is 10.9. The van der Waals surface area contributed by atoms with Crippen LogP contribution in [-0.2, 0) is 4.79 Å². The van der Waals surface area contributed by atoms with Crippen molar-refractivity contribution in [2.45, 2.75) is 38.4 Å². The number of aromatic nitrogens is 2. The molecule has 8 nitrogen and oxygen atoms in total. The Bertz CT molecular complexity index is 1270. The van der Waals surface area contributed by atoms with Crippen molar-refractivity contribution in [3.05, 3.63) is 54.0 Å². The number of imidazole rings is 1. The summed E-state index contributed by atoms with van der Waals surface area (Å²) < 4.78 is 7.66. The van der Waals surface area contributed by atoms with Crippen LogP contribution in [0.1, 0.15) is 42.4 Å². The standard InChI is InChI=1S/C25H26N4O4/c1-3-28(2)25(32)21(30)11-10-16-6-4-7-17(14-16)22-20-15-19(33-18-8-5-9-18)12-13-29(20)24(27-22)23(26)31/h4,6-7,12-15,18,21,30H,3,5,8-9H2,1-2H3,(H2,26,31). The number of benzene rings is 1. The number of primary amides is 1. The predicted molar refractivity (Wildman–Crippen MR) is 124 cm³/mol. The van der Waals surface area contributed by atoms with Gasteiger partial charge in [0.2, 0.25) is 5.82 Å². The minimum absolute atomic E-state index is 0.121. The van der Waals surface area contributed by atoms with Gasteiger partial charge in [-0.3, -0.25) is 14.0 Å². The van der Waals surface area contributed by atoms with Crippen molar-refractivity contribution >= 4 is 17.3 Å². The van der Waals surface area contributed by atoms with Crippen molar-refractivity contribution in [3.8, 4) is 28.8 Å². The Balaban J connectivity index is 1.70. The molecule has 0 bridgehead atoms. The van der Waals surface area contributed by atoms with Crippen LogP contribution < -0.4 is 10.5 Å². The average molecular weight is 447 g/mol. The third-order valence-corrected chi connectivity index (χ3v) is 5.76. The zero-order chi connectivity index (χ0) is 23.5. The van der Waals surface area contributed by atoms with Gasteiger partial charge in [-0.2, -0.15) is 0 Å². The molecule has 1 aliphatic rings. The molecule has 3 aromatic rings. The maximum absolute atomic E-state index is 12.0. The fourth-order valence-electron chi connectivity index (χ4n) is 3.53. The quantitative estimate of drug-likeness (QED) is 0.564. The number of aliphatic hydroxyl groups is 1. The second-order valence-corrected chi connectivity index (χ2v) is 8.04. The fourth-order valence-corrected chi connectivity index (χ4v) is 3.53. The average Bonchev–Trinajstić information content (AvgIpc) is 3.18. The highest BCUT2D eigenvalue weighted by Gasteiger charge is 2.21. The molecule has 2 amide bonds. The van der Waals surface area contributed by atoms with Crippen LogP contribution >= 0.6 is 0 Å². The SMILES string of the molecule is CCN(C)C(=O)C(O)C#Cc1cccc(-c2nc(C(N)=O)n3ccc(OC4CCC4)cc23)c1. The van der Waals surface area contributed by atoms with Gasteiger partial charge in [0.1, 0.15) is 5.75 Å². The third kappa shape index (κ3) is 4.69. The summed E-state index contributed by atoms with van der Waals surface area (Å²) in [6.07, 6.45) is 3.78. The molecule has 4 rings (SSSR count). The number of carbonyl (C=O) groups is 2. The number of nitrogens with zero attached hydrogens (tertiary/aromatic N) is 3. The molecule has 1 aromatic carbocycles. The number of amides is 2. The van der Waals surface area contributed by atoms with Crippen LogP contribution in [-0.4, -0.2) is 57.0 Å². The Morgan fingerprint density at radius 1 is 1.33 bits per heavy atom. The number of hydrogen-bond acceptors (Lipinski definition) is 5. The molecule has 2 heterocycles. The molecule has 1 aliphatic carbocycles. The molecule has 1 atom stereocenters. The number of hydrogen-bond donors (Lipinski definition) is 2. The molecule has 3 N–H and O–H groups in total.